The van der Waals surface area contributed by atoms with Crippen molar-refractivity contribution >= 4 is 0 Å². The van der Waals surface area contributed by atoms with Crippen LogP contribution in [0.5, 0.6) is 0 Å². The molecule has 0 amide bonds. The highest BCUT2D eigenvalue weighted by Crippen LogP contribution is 2.28. The minimum atomic E-state index is 0.111. The van der Waals surface area contributed by atoms with Gasteiger partial charge in [0.2, 0.25) is 0 Å². The van der Waals surface area contributed by atoms with Crippen molar-refractivity contribution in [3.8, 4) is 0 Å². The Hall–Kier alpha value is -0.300. The lowest BCUT2D eigenvalue weighted by Crippen LogP contribution is -2.40. The molecule has 0 unspecified atom stereocenters. The highest BCUT2D eigenvalue weighted by molar-refractivity contribution is 4.92. The minimum Gasteiger partial charge on any atom is -0.325 e. The summed E-state index contributed by atoms with van der Waals surface area (Å²) < 4.78 is 0. The predicted molar refractivity (Wildman–Crippen MR) is 44.8 cm³/mol. The average Bonchev–Trinajstić information content (AvgIpc) is 1.89. The summed E-state index contributed by atoms with van der Waals surface area (Å²) in [6.45, 7) is 3.72. The van der Waals surface area contributed by atoms with E-state index < -0.39 is 0 Å². The second-order valence-electron chi connectivity index (χ2n) is 3.42. The monoisotopic (exact) mass is 139 g/mol. The van der Waals surface area contributed by atoms with Crippen LogP contribution in [0, 0.1) is 0 Å². The molecule has 2 N–H and O–H groups in total. The Morgan fingerprint density at radius 1 is 1.30 bits per heavy atom. The minimum absolute atomic E-state index is 0.111. The zero-order valence-corrected chi connectivity index (χ0v) is 6.60. The highest BCUT2D eigenvalue weighted by Gasteiger charge is 2.25. The lowest BCUT2D eigenvalue weighted by molar-refractivity contribution is 0.299. The van der Waals surface area contributed by atoms with Crippen molar-refractivity contribution in [3.05, 3.63) is 12.7 Å². The van der Waals surface area contributed by atoms with Gasteiger partial charge in [-0.2, -0.15) is 0 Å². The van der Waals surface area contributed by atoms with Crippen molar-refractivity contribution < 1.29 is 0 Å². The quantitative estimate of drug-likeness (QED) is 0.583. The van der Waals surface area contributed by atoms with Crippen LogP contribution < -0.4 is 5.73 Å². The van der Waals surface area contributed by atoms with Crippen molar-refractivity contribution in [1.82, 2.24) is 0 Å². The van der Waals surface area contributed by atoms with E-state index in [1.54, 1.807) is 0 Å². The fraction of sp³-hybridized carbons (Fsp3) is 0.778. The first kappa shape index (κ1) is 7.80. The molecule has 10 heavy (non-hydrogen) atoms. The third-order valence-corrected chi connectivity index (χ3v) is 2.40. The standard InChI is InChI=1S/C9H17N/c1-2-6-9(10)7-4-3-5-8-9/h2H,1,3-8,10H2. The summed E-state index contributed by atoms with van der Waals surface area (Å²) in [5.74, 6) is 0. The largest absolute Gasteiger partial charge is 0.325 e. The molecule has 0 radical (unpaired) electrons. The number of nitrogens with two attached hydrogens (primary N) is 1. The van der Waals surface area contributed by atoms with Crippen LogP contribution in [0.2, 0.25) is 0 Å². The Morgan fingerprint density at radius 3 is 2.40 bits per heavy atom. The van der Waals surface area contributed by atoms with Crippen LogP contribution in [0.1, 0.15) is 38.5 Å². The van der Waals surface area contributed by atoms with Crippen molar-refractivity contribution in [3.63, 3.8) is 0 Å². The van der Waals surface area contributed by atoms with Crippen molar-refractivity contribution in [2.75, 3.05) is 0 Å². The Balaban J connectivity index is 2.39. The van der Waals surface area contributed by atoms with E-state index in [0.717, 1.165) is 6.42 Å². The molecule has 1 aliphatic rings. The first-order valence-corrected chi connectivity index (χ1v) is 4.17. The van der Waals surface area contributed by atoms with Gasteiger partial charge in [-0.25, -0.2) is 0 Å². The molecule has 0 bridgehead atoms. The summed E-state index contributed by atoms with van der Waals surface area (Å²) in [5.41, 5.74) is 6.21. The Morgan fingerprint density at radius 2 is 1.90 bits per heavy atom. The third kappa shape index (κ3) is 1.84. The molecule has 1 saturated carbocycles. The van der Waals surface area contributed by atoms with E-state index >= 15 is 0 Å². The lowest BCUT2D eigenvalue weighted by atomic mass is 9.80. The van der Waals surface area contributed by atoms with Crippen LogP contribution in [0.25, 0.3) is 0 Å². The molecule has 1 heteroatoms. The lowest BCUT2D eigenvalue weighted by Gasteiger charge is -2.32. The van der Waals surface area contributed by atoms with Crippen molar-refractivity contribution in [1.29, 1.82) is 0 Å². The van der Waals surface area contributed by atoms with Crippen LogP contribution in [0.4, 0.5) is 0 Å². The molecule has 0 saturated heterocycles. The van der Waals surface area contributed by atoms with Gasteiger partial charge in [0.25, 0.3) is 0 Å². The van der Waals surface area contributed by atoms with Gasteiger partial charge < -0.3 is 5.73 Å². The van der Waals surface area contributed by atoms with Gasteiger partial charge in [0.1, 0.15) is 0 Å². The molecule has 0 aromatic carbocycles. The second kappa shape index (κ2) is 3.20. The maximum atomic E-state index is 6.10. The molecule has 0 spiro atoms. The van der Waals surface area contributed by atoms with Gasteiger partial charge in [0, 0.05) is 5.54 Å². The summed E-state index contributed by atoms with van der Waals surface area (Å²) >= 11 is 0. The maximum Gasteiger partial charge on any atom is 0.0189 e. The van der Waals surface area contributed by atoms with Gasteiger partial charge in [-0.15, -0.1) is 6.58 Å². The molecule has 1 aliphatic carbocycles. The highest BCUT2D eigenvalue weighted by atomic mass is 14.7. The summed E-state index contributed by atoms with van der Waals surface area (Å²) in [6, 6.07) is 0. The number of rotatable bonds is 2. The molecule has 1 rings (SSSR count). The Bertz CT molecular complexity index is 112. The Labute approximate surface area is 63.3 Å². The molecule has 0 aliphatic heterocycles. The van der Waals surface area contributed by atoms with E-state index in [1.165, 1.54) is 32.1 Å². The van der Waals surface area contributed by atoms with E-state index in [-0.39, 0.29) is 5.54 Å². The van der Waals surface area contributed by atoms with E-state index in [1.807, 2.05) is 6.08 Å². The molecular weight excluding hydrogens is 122 g/mol. The normalized spacial score (nSPS) is 24.1. The second-order valence-corrected chi connectivity index (χ2v) is 3.42. The van der Waals surface area contributed by atoms with Crippen molar-refractivity contribution in [2.24, 2.45) is 5.73 Å². The van der Waals surface area contributed by atoms with E-state index in [0.29, 0.717) is 0 Å². The predicted octanol–water partition coefficient (Wildman–Crippen LogP) is 2.22. The first-order valence-electron chi connectivity index (χ1n) is 4.17. The van der Waals surface area contributed by atoms with Gasteiger partial charge in [0.05, 0.1) is 0 Å². The molecule has 0 aromatic heterocycles. The van der Waals surface area contributed by atoms with Gasteiger partial charge >= 0.3 is 0 Å². The summed E-state index contributed by atoms with van der Waals surface area (Å²) in [6.07, 6.45) is 9.32. The molecule has 1 nitrogen and oxygen atoms in total. The summed E-state index contributed by atoms with van der Waals surface area (Å²) in [5, 5.41) is 0. The maximum absolute atomic E-state index is 6.10. The van der Waals surface area contributed by atoms with Gasteiger partial charge in [-0.1, -0.05) is 25.3 Å². The van der Waals surface area contributed by atoms with Crippen LogP contribution in [0.15, 0.2) is 12.7 Å². The van der Waals surface area contributed by atoms with Gasteiger partial charge in [-0.05, 0) is 19.3 Å². The molecule has 1 fully saturated rings. The smallest absolute Gasteiger partial charge is 0.0189 e. The van der Waals surface area contributed by atoms with Crippen LogP contribution in [-0.2, 0) is 0 Å². The molecule has 0 aromatic rings. The topological polar surface area (TPSA) is 26.0 Å². The number of hydrogen-bond donors (Lipinski definition) is 1. The van der Waals surface area contributed by atoms with E-state index in [2.05, 4.69) is 6.58 Å². The fourth-order valence-electron chi connectivity index (χ4n) is 1.75. The molecule has 58 valence electrons. The van der Waals surface area contributed by atoms with Crippen molar-refractivity contribution in [2.45, 2.75) is 44.1 Å². The SMILES string of the molecule is C=CCC1(N)CCCCC1. The molecular formula is C9H17N. The third-order valence-electron chi connectivity index (χ3n) is 2.40. The van der Waals surface area contributed by atoms with Gasteiger partial charge in [-0.3, -0.25) is 0 Å². The fourth-order valence-corrected chi connectivity index (χ4v) is 1.75. The van der Waals surface area contributed by atoms with Crippen LogP contribution in [-0.4, -0.2) is 5.54 Å². The van der Waals surface area contributed by atoms with Gasteiger partial charge in [0.15, 0.2) is 0 Å². The van der Waals surface area contributed by atoms with Crippen LogP contribution >= 0.6 is 0 Å². The number of hydrogen-bond acceptors (Lipinski definition) is 1. The van der Waals surface area contributed by atoms with Crippen LogP contribution in [0.3, 0.4) is 0 Å². The first-order chi connectivity index (χ1) is 4.77. The van der Waals surface area contributed by atoms with E-state index in [4.69, 9.17) is 5.73 Å². The Kier molecular flexibility index (Phi) is 2.50. The summed E-state index contributed by atoms with van der Waals surface area (Å²) in [4.78, 5) is 0. The molecule has 0 atom stereocenters. The summed E-state index contributed by atoms with van der Waals surface area (Å²) in [7, 11) is 0. The zero-order chi connectivity index (χ0) is 7.45. The average molecular weight is 139 g/mol. The molecule has 0 heterocycles. The zero-order valence-electron chi connectivity index (χ0n) is 6.60. The van der Waals surface area contributed by atoms with E-state index in [9.17, 15) is 0 Å².